The smallest absolute Gasteiger partial charge is 0.128 e. The quantitative estimate of drug-likeness (QED) is 0.663. The molecule has 3 heteroatoms. The fourth-order valence-electron chi connectivity index (χ4n) is 1.15. The van der Waals surface area contributed by atoms with E-state index in [0.29, 0.717) is 6.54 Å². The molecule has 2 atom stereocenters. The van der Waals surface area contributed by atoms with E-state index in [-0.39, 0.29) is 6.04 Å². The summed E-state index contributed by atoms with van der Waals surface area (Å²) in [5, 5.41) is 5.92. The first-order valence-electron chi connectivity index (χ1n) is 5.36. The number of hydrogen-bond acceptors (Lipinski definition) is 2. The topological polar surface area (TPSA) is 24.1 Å². The maximum absolute atomic E-state index is 12.7. The molecule has 13 heavy (non-hydrogen) atoms. The third-order valence-electron chi connectivity index (χ3n) is 1.78. The maximum atomic E-state index is 12.7. The molecule has 1 fully saturated rings. The minimum Gasteiger partial charge on any atom is -0.314 e. The molecule has 0 aromatic rings. The normalized spacial score (nSPS) is 26.3. The average molecular weight is 192 g/mol. The summed E-state index contributed by atoms with van der Waals surface area (Å²) < 4.78 is 12.7. The van der Waals surface area contributed by atoms with E-state index in [0.717, 1.165) is 13.0 Å². The standard InChI is InChI=1S/C6H13FN2.2C2H6/c1-8-6-2-3-9-4-5(6)7;2*1-2/h5-6,8-9H,2-4H2,1H3;2*1-2H3. The Morgan fingerprint density at radius 2 is 1.77 bits per heavy atom. The van der Waals surface area contributed by atoms with Crippen LogP contribution in [0.15, 0.2) is 0 Å². The summed E-state index contributed by atoms with van der Waals surface area (Å²) in [5.41, 5.74) is 0. The molecule has 2 nitrogen and oxygen atoms in total. The lowest BCUT2D eigenvalue weighted by Crippen LogP contribution is -2.47. The zero-order valence-electron chi connectivity index (χ0n) is 9.65. The summed E-state index contributed by atoms with van der Waals surface area (Å²) in [5.74, 6) is 0. The number of alkyl halides is 1. The molecule has 82 valence electrons. The van der Waals surface area contributed by atoms with E-state index in [1.165, 1.54) is 0 Å². The first kappa shape index (κ1) is 15.3. The number of hydrogen-bond donors (Lipinski definition) is 2. The van der Waals surface area contributed by atoms with E-state index in [1.54, 1.807) is 0 Å². The molecule has 0 spiro atoms. The second-order valence-electron chi connectivity index (χ2n) is 2.40. The van der Waals surface area contributed by atoms with Gasteiger partial charge < -0.3 is 10.6 Å². The van der Waals surface area contributed by atoms with Crippen LogP contribution in [0.5, 0.6) is 0 Å². The molecule has 1 rings (SSSR count). The van der Waals surface area contributed by atoms with Gasteiger partial charge in [0.05, 0.1) is 0 Å². The molecule has 0 aromatic carbocycles. The average Bonchev–Trinajstić information content (AvgIpc) is 2.24. The fraction of sp³-hybridized carbons (Fsp3) is 1.00. The van der Waals surface area contributed by atoms with Crippen molar-refractivity contribution < 1.29 is 4.39 Å². The molecule has 1 heterocycles. The Morgan fingerprint density at radius 3 is 2.08 bits per heavy atom. The summed E-state index contributed by atoms with van der Waals surface area (Å²) in [6.45, 7) is 9.44. The highest BCUT2D eigenvalue weighted by Gasteiger charge is 2.21. The van der Waals surface area contributed by atoms with Crippen molar-refractivity contribution in [2.45, 2.75) is 46.3 Å². The van der Waals surface area contributed by atoms with Gasteiger partial charge in [-0.1, -0.05) is 27.7 Å². The van der Waals surface area contributed by atoms with E-state index < -0.39 is 6.17 Å². The number of nitrogens with one attached hydrogen (secondary N) is 2. The number of halogens is 1. The molecule has 1 aliphatic rings. The van der Waals surface area contributed by atoms with Crippen molar-refractivity contribution in [2.24, 2.45) is 0 Å². The zero-order chi connectivity index (χ0) is 10.7. The third kappa shape index (κ3) is 6.96. The first-order valence-corrected chi connectivity index (χ1v) is 5.36. The van der Waals surface area contributed by atoms with Gasteiger partial charge in [0.1, 0.15) is 6.17 Å². The van der Waals surface area contributed by atoms with Crippen molar-refractivity contribution in [1.29, 1.82) is 0 Å². The van der Waals surface area contributed by atoms with E-state index >= 15 is 0 Å². The molecule has 0 aromatic heterocycles. The van der Waals surface area contributed by atoms with Gasteiger partial charge in [-0.3, -0.25) is 0 Å². The second kappa shape index (κ2) is 11.8. The Labute approximate surface area is 82.3 Å². The van der Waals surface area contributed by atoms with Gasteiger partial charge in [0.15, 0.2) is 0 Å². The summed E-state index contributed by atoms with van der Waals surface area (Å²) in [6, 6.07) is 0.0752. The number of piperidine rings is 1. The molecule has 0 bridgehead atoms. The molecule has 0 aliphatic carbocycles. The van der Waals surface area contributed by atoms with Crippen LogP contribution in [-0.2, 0) is 0 Å². The van der Waals surface area contributed by atoms with E-state index in [2.05, 4.69) is 10.6 Å². The van der Waals surface area contributed by atoms with Crippen molar-refractivity contribution >= 4 is 0 Å². The Bertz CT molecular complexity index is 89.0. The fourth-order valence-corrected chi connectivity index (χ4v) is 1.15. The van der Waals surface area contributed by atoms with Crippen LogP contribution >= 0.6 is 0 Å². The van der Waals surface area contributed by atoms with Crippen LogP contribution in [0.4, 0.5) is 4.39 Å². The molecule has 1 saturated heterocycles. The lowest BCUT2D eigenvalue weighted by atomic mass is 10.1. The van der Waals surface area contributed by atoms with Gasteiger partial charge in [0.2, 0.25) is 0 Å². The van der Waals surface area contributed by atoms with E-state index in [4.69, 9.17) is 0 Å². The third-order valence-corrected chi connectivity index (χ3v) is 1.78. The zero-order valence-corrected chi connectivity index (χ0v) is 9.65. The highest BCUT2D eigenvalue weighted by Crippen LogP contribution is 2.05. The van der Waals surface area contributed by atoms with Crippen molar-refractivity contribution in [1.82, 2.24) is 10.6 Å². The largest absolute Gasteiger partial charge is 0.314 e. The van der Waals surface area contributed by atoms with Crippen LogP contribution in [0, 0.1) is 0 Å². The van der Waals surface area contributed by atoms with E-state index in [9.17, 15) is 4.39 Å². The highest BCUT2D eigenvalue weighted by molar-refractivity contribution is 4.81. The van der Waals surface area contributed by atoms with Crippen LogP contribution in [0.3, 0.4) is 0 Å². The van der Waals surface area contributed by atoms with Gasteiger partial charge in [0.25, 0.3) is 0 Å². The molecular weight excluding hydrogens is 167 g/mol. The van der Waals surface area contributed by atoms with Crippen LogP contribution in [0.25, 0.3) is 0 Å². The van der Waals surface area contributed by atoms with Crippen LogP contribution in [0.2, 0.25) is 0 Å². The monoisotopic (exact) mass is 192 g/mol. The lowest BCUT2D eigenvalue weighted by Gasteiger charge is -2.25. The SMILES string of the molecule is CC.CC.CNC1CCNCC1F. The van der Waals surface area contributed by atoms with Crippen LogP contribution in [-0.4, -0.2) is 32.4 Å². The highest BCUT2D eigenvalue weighted by atomic mass is 19.1. The van der Waals surface area contributed by atoms with Gasteiger partial charge in [-0.2, -0.15) is 0 Å². The van der Waals surface area contributed by atoms with Gasteiger partial charge in [-0.05, 0) is 20.0 Å². The van der Waals surface area contributed by atoms with Crippen molar-refractivity contribution in [3.05, 3.63) is 0 Å². The molecule has 2 unspecified atom stereocenters. The summed E-state index contributed by atoms with van der Waals surface area (Å²) >= 11 is 0. The predicted octanol–water partition coefficient (Wildman–Crippen LogP) is 1.96. The molecule has 0 saturated carbocycles. The first-order chi connectivity index (χ1) is 6.34. The summed E-state index contributed by atoms with van der Waals surface area (Å²) in [4.78, 5) is 0. The molecule has 1 aliphatic heterocycles. The van der Waals surface area contributed by atoms with Crippen LogP contribution < -0.4 is 10.6 Å². The minimum atomic E-state index is -0.705. The van der Waals surface area contributed by atoms with Crippen molar-refractivity contribution in [2.75, 3.05) is 20.1 Å². The Morgan fingerprint density at radius 1 is 1.23 bits per heavy atom. The number of rotatable bonds is 1. The summed E-state index contributed by atoms with van der Waals surface area (Å²) in [6.07, 6.45) is 0.196. The molecule has 0 radical (unpaired) electrons. The molecule has 0 amide bonds. The van der Waals surface area contributed by atoms with Gasteiger partial charge in [-0.15, -0.1) is 0 Å². The predicted molar refractivity (Wildman–Crippen MR) is 57.9 cm³/mol. The Balaban J connectivity index is 0. The summed E-state index contributed by atoms with van der Waals surface area (Å²) in [7, 11) is 1.81. The molecular formula is C10H25FN2. The second-order valence-corrected chi connectivity index (χ2v) is 2.40. The maximum Gasteiger partial charge on any atom is 0.128 e. The van der Waals surface area contributed by atoms with Gasteiger partial charge in [-0.25, -0.2) is 4.39 Å². The van der Waals surface area contributed by atoms with Crippen molar-refractivity contribution in [3.8, 4) is 0 Å². The van der Waals surface area contributed by atoms with Crippen LogP contribution in [0.1, 0.15) is 34.1 Å². The lowest BCUT2D eigenvalue weighted by molar-refractivity contribution is 0.210. The Hall–Kier alpha value is -0.150. The van der Waals surface area contributed by atoms with Gasteiger partial charge in [0, 0.05) is 12.6 Å². The van der Waals surface area contributed by atoms with Gasteiger partial charge >= 0.3 is 0 Å². The Kier molecular flexibility index (Phi) is 14.0. The minimum absolute atomic E-state index is 0.0752. The molecule has 2 N–H and O–H groups in total. The van der Waals surface area contributed by atoms with Crippen molar-refractivity contribution in [3.63, 3.8) is 0 Å². The van der Waals surface area contributed by atoms with E-state index in [1.807, 2.05) is 34.7 Å².